The molecule has 1 aromatic carbocycles. The Balaban J connectivity index is 2.12. The Hall–Kier alpha value is -1.31. The largest absolute Gasteiger partial charge is 0.339 e. The molecule has 1 aliphatic heterocycles. The van der Waals surface area contributed by atoms with Crippen LogP contribution in [-0.2, 0) is 0 Å². The Labute approximate surface area is 90.9 Å². The van der Waals surface area contributed by atoms with Gasteiger partial charge in [-0.1, -0.05) is 12.1 Å². The van der Waals surface area contributed by atoms with Gasteiger partial charge in [0.1, 0.15) is 0 Å². The van der Waals surface area contributed by atoms with Gasteiger partial charge >= 0.3 is 0 Å². The number of carbonyl (C=O) groups is 1. The van der Waals surface area contributed by atoms with Crippen LogP contribution in [0.15, 0.2) is 24.3 Å². The van der Waals surface area contributed by atoms with Gasteiger partial charge in [0.15, 0.2) is 0 Å². The lowest BCUT2D eigenvalue weighted by atomic mass is 10.1. The predicted octanol–water partition coefficient (Wildman–Crippen LogP) is 2.49. The van der Waals surface area contributed by atoms with Gasteiger partial charge in [0.2, 0.25) is 0 Å². The first-order chi connectivity index (χ1) is 7.27. The Bertz CT molecular complexity index is 353. The summed E-state index contributed by atoms with van der Waals surface area (Å²) in [6.45, 7) is 5.64. The van der Waals surface area contributed by atoms with Crippen LogP contribution in [-0.4, -0.2) is 23.9 Å². The average Bonchev–Trinajstić information content (AvgIpc) is 2.29. The van der Waals surface area contributed by atoms with E-state index in [9.17, 15) is 4.79 Å². The SMILES string of the molecule is [CH2]c1cccc(C(=O)N2CCCCC2)c1. The second-order valence-corrected chi connectivity index (χ2v) is 4.05. The number of hydrogen-bond donors (Lipinski definition) is 0. The molecule has 0 aliphatic carbocycles. The fourth-order valence-electron chi connectivity index (χ4n) is 1.98. The molecule has 1 fully saturated rings. The predicted molar refractivity (Wildman–Crippen MR) is 60.7 cm³/mol. The lowest BCUT2D eigenvalue weighted by molar-refractivity contribution is 0.0724. The standard InChI is InChI=1S/C13H16NO/c1-11-6-5-7-12(10-11)13(15)14-8-3-2-4-9-14/h5-7,10H,1-4,8-9H2. The van der Waals surface area contributed by atoms with Crippen LogP contribution in [0.1, 0.15) is 35.2 Å². The number of rotatable bonds is 1. The first kappa shape index (κ1) is 10.2. The van der Waals surface area contributed by atoms with Crippen LogP contribution >= 0.6 is 0 Å². The molecule has 0 bridgehead atoms. The summed E-state index contributed by atoms with van der Waals surface area (Å²) in [5.41, 5.74) is 1.67. The van der Waals surface area contributed by atoms with Crippen LogP contribution in [0.5, 0.6) is 0 Å². The molecule has 0 spiro atoms. The molecule has 0 saturated carbocycles. The van der Waals surface area contributed by atoms with Crippen LogP contribution < -0.4 is 0 Å². The van der Waals surface area contributed by atoms with Gasteiger partial charge in [0, 0.05) is 18.7 Å². The van der Waals surface area contributed by atoms with E-state index in [1.165, 1.54) is 6.42 Å². The lowest BCUT2D eigenvalue weighted by Crippen LogP contribution is -2.35. The third-order valence-electron chi connectivity index (χ3n) is 2.82. The third kappa shape index (κ3) is 2.38. The van der Waals surface area contributed by atoms with Gasteiger partial charge in [-0.15, -0.1) is 0 Å². The Kier molecular flexibility index (Phi) is 3.05. The monoisotopic (exact) mass is 202 g/mol. The number of nitrogens with zero attached hydrogens (tertiary/aromatic N) is 1. The smallest absolute Gasteiger partial charge is 0.253 e. The number of carbonyl (C=O) groups excluding carboxylic acids is 1. The van der Waals surface area contributed by atoms with Gasteiger partial charge in [0.05, 0.1) is 0 Å². The number of hydrogen-bond acceptors (Lipinski definition) is 1. The Morgan fingerprint density at radius 3 is 2.60 bits per heavy atom. The molecular formula is C13H16NO. The summed E-state index contributed by atoms with van der Waals surface area (Å²) in [6.07, 6.45) is 3.52. The van der Waals surface area contributed by atoms with Gasteiger partial charge in [-0.3, -0.25) is 4.79 Å². The Morgan fingerprint density at radius 2 is 1.93 bits per heavy atom. The molecule has 0 atom stereocenters. The van der Waals surface area contributed by atoms with Crippen molar-refractivity contribution < 1.29 is 4.79 Å². The van der Waals surface area contributed by atoms with Crippen molar-refractivity contribution in [1.29, 1.82) is 0 Å². The molecule has 2 heteroatoms. The number of likely N-dealkylation sites (tertiary alicyclic amines) is 1. The molecule has 2 rings (SSSR count). The van der Waals surface area contributed by atoms with Crippen molar-refractivity contribution in [2.45, 2.75) is 19.3 Å². The highest BCUT2D eigenvalue weighted by atomic mass is 16.2. The van der Waals surface area contributed by atoms with Crippen molar-refractivity contribution in [3.63, 3.8) is 0 Å². The number of benzene rings is 1. The van der Waals surface area contributed by atoms with Gasteiger partial charge in [0.25, 0.3) is 5.91 Å². The first-order valence-corrected chi connectivity index (χ1v) is 5.49. The zero-order valence-electron chi connectivity index (χ0n) is 8.91. The summed E-state index contributed by atoms with van der Waals surface area (Å²) in [5, 5.41) is 0. The fraction of sp³-hybridized carbons (Fsp3) is 0.385. The van der Waals surface area contributed by atoms with Crippen LogP contribution in [0.2, 0.25) is 0 Å². The third-order valence-corrected chi connectivity index (χ3v) is 2.82. The molecule has 0 aromatic heterocycles. The fourth-order valence-corrected chi connectivity index (χ4v) is 1.98. The van der Waals surface area contributed by atoms with E-state index in [0.717, 1.165) is 37.1 Å². The second-order valence-electron chi connectivity index (χ2n) is 4.05. The van der Waals surface area contributed by atoms with E-state index < -0.39 is 0 Å². The molecule has 0 N–H and O–H groups in total. The molecule has 2 nitrogen and oxygen atoms in total. The average molecular weight is 202 g/mol. The van der Waals surface area contributed by atoms with E-state index in [1.807, 2.05) is 29.2 Å². The summed E-state index contributed by atoms with van der Waals surface area (Å²) >= 11 is 0. The van der Waals surface area contributed by atoms with Crippen LogP contribution in [0, 0.1) is 6.92 Å². The quantitative estimate of drug-likeness (QED) is 0.685. The highest BCUT2D eigenvalue weighted by molar-refractivity contribution is 5.94. The summed E-state index contributed by atoms with van der Waals surface area (Å²) in [5.74, 6) is 0.153. The van der Waals surface area contributed by atoms with Crippen LogP contribution in [0.25, 0.3) is 0 Å². The molecule has 1 radical (unpaired) electrons. The van der Waals surface area contributed by atoms with Crippen molar-refractivity contribution in [1.82, 2.24) is 4.90 Å². The maximum absolute atomic E-state index is 12.1. The lowest BCUT2D eigenvalue weighted by Gasteiger charge is -2.26. The molecular weight excluding hydrogens is 186 g/mol. The first-order valence-electron chi connectivity index (χ1n) is 5.49. The van der Waals surface area contributed by atoms with Crippen molar-refractivity contribution in [3.05, 3.63) is 42.3 Å². The van der Waals surface area contributed by atoms with Crippen LogP contribution in [0.4, 0.5) is 0 Å². The summed E-state index contributed by atoms with van der Waals surface area (Å²) in [7, 11) is 0. The molecule has 1 amide bonds. The summed E-state index contributed by atoms with van der Waals surface area (Å²) < 4.78 is 0. The summed E-state index contributed by atoms with van der Waals surface area (Å²) in [4.78, 5) is 14.0. The maximum Gasteiger partial charge on any atom is 0.253 e. The number of piperidine rings is 1. The van der Waals surface area contributed by atoms with Crippen LogP contribution in [0.3, 0.4) is 0 Å². The topological polar surface area (TPSA) is 20.3 Å². The minimum absolute atomic E-state index is 0.153. The van der Waals surface area contributed by atoms with Gasteiger partial charge in [-0.2, -0.15) is 0 Å². The highest BCUT2D eigenvalue weighted by Crippen LogP contribution is 2.13. The molecule has 1 aliphatic rings. The van der Waals surface area contributed by atoms with Crippen molar-refractivity contribution >= 4 is 5.91 Å². The van der Waals surface area contributed by atoms with E-state index >= 15 is 0 Å². The highest BCUT2D eigenvalue weighted by Gasteiger charge is 2.17. The van der Waals surface area contributed by atoms with Gasteiger partial charge in [-0.05, 0) is 43.9 Å². The molecule has 1 heterocycles. The Morgan fingerprint density at radius 1 is 1.20 bits per heavy atom. The molecule has 0 unspecified atom stereocenters. The molecule has 1 saturated heterocycles. The van der Waals surface area contributed by atoms with Crippen molar-refractivity contribution in [2.24, 2.45) is 0 Å². The molecule has 1 aromatic rings. The minimum atomic E-state index is 0.153. The van der Waals surface area contributed by atoms with Gasteiger partial charge < -0.3 is 4.90 Å². The van der Waals surface area contributed by atoms with Crippen molar-refractivity contribution in [2.75, 3.05) is 13.1 Å². The van der Waals surface area contributed by atoms with Crippen molar-refractivity contribution in [3.8, 4) is 0 Å². The number of amides is 1. The zero-order chi connectivity index (χ0) is 10.7. The van der Waals surface area contributed by atoms with Gasteiger partial charge in [-0.25, -0.2) is 0 Å². The van der Waals surface area contributed by atoms with E-state index in [4.69, 9.17) is 0 Å². The van der Waals surface area contributed by atoms with E-state index in [2.05, 4.69) is 6.92 Å². The second kappa shape index (κ2) is 4.47. The zero-order valence-corrected chi connectivity index (χ0v) is 8.91. The molecule has 79 valence electrons. The summed E-state index contributed by atoms with van der Waals surface area (Å²) in [6, 6.07) is 7.52. The molecule has 15 heavy (non-hydrogen) atoms. The maximum atomic E-state index is 12.1. The van der Waals surface area contributed by atoms with E-state index in [1.54, 1.807) is 0 Å². The van der Waals surface area contributed by atoms with E-state index in [0.29, 0.717) is 0 Å². The van der Waals surface area contributed by atoms with E-state index in [-0.39, 0.29) is 5.91 Å². The normalized spacial score (nSPS) is 16.5. The minimum Gasteiger partial charge on any atom is -0.339 e.